The maximum absolute atomic E-state index is 12.7. The summed E-state index contributed by atoms with van der Waals surface area (Å²) in [6.45, 7) is 10.3. The monoisotopic (exact) mass is 388 g/mol. The van der Waals surface area contributed by atoms with Gasteiger partial charge in [-0.15, -0.1) is 0 Å². The van der Waals surface area contributed by atoms with Gasteiger partial charge in [-0.1, -0.05) is 34.9 Å². The molecule has 0 spiro atoms. The third-order valence-electron chi connectivity index (χ3n) is 5.04. The molecule has 1 atom stereocenters. The molecule has 0 fully saturated rings. The van der Waals surface area contributed by atoms with Crippen molar-refractivity contribution in [3.8, 4) is 0 Å². The number of rotatable bonds is 10. The number of hydrogen-bond donors (Lipinski definition) is 1. The molecule has 28 heavy (non-hydrogen) atoms. The molecule has 0 amide bonds. The first-order valence-corrected chi connectivity index (χ1v) is 9.92. The summed E-state index contributed by atoms with van der Waals surface area (Å²) in [5.74, 6) is 0.0703. The molecule has 0 saturated carbocycles. The smallest absolute Gasteiger partial charge is 0.227 e. The molecule has 1 unspecified atom stereocenters. The van der Waals surface area contributed by atoms with Crippen LogP contribution in [0.15, 0.2) is 57.6 Å². The van der Waals surface area contributed by atoms with Crippen molar-refractivity contribution in [1.29, 1.82) is 0 Å². The minimum Gasteiger partial charge on any atom is -0.494 e. The lowest BCUT2D eigenvalue weighted by Crippen LogP contribution is -2.28. The quantitative estimate of drug-likeness (QED) is 0.498. The highest BCUT2D eigenvalue weighted by Gasteiger charge is 2.34. The molecule has 4 nitrogen and oxygen atoms in total. The third kappa shape index (κ3) is 6.83. The summed E-state index contributed by atoms with van der Waals surface area (Å²) >= 11 is 0. The molecule has 0 aromatic carbocycles. The maximum atomic E-state index is 12.7. The molecule has 0 aliphatic heterocycles. The van der Waals surface area contributed by atoms with E-state index in [1.165, 1.54) is 30.9 Å². The van der Waals surface area contributed by atoms with Crippen molar-refractivity contribution in [1.82, 2.24) is 0 Å². The number of ether oxygens (including phenoxy) is 2. The number of methoxy groups -OCH3 is 2. The number of hydrogen-bond acceptors (Lipinski definition) is 4. The molecule has 0 saturated heterocycles. The predicted molar refractivity (Wildman–Crippen MR) is 115 cm³/mol. The Bertz CT molecular complexity index is 713. The Balaban J connectivity index is 2.68. The minimum absolute atomic E-state index is 0.0941. The van der Waals surface area contributed by atoms with Gasteiger partial charge in [-0.05, 0) is 72.3 Å². The van der Waals surface area contributed by atoms with Crippen LogP contribution >= 0.6 is 0 Å². The zero-order valence-corrected chi connectivity index (χ0v) is 18.5. The highest BCUT2D eigenvalue weighted by molar-refractivity contribution is 6.09. The average molecular weight is 389 g/mol. The lowest BCUT2D eigenvalue weighted by atomic mass is 9.89. The molecule has 0 aromatic heterocycles. The molecular formula is C24H36O4. The van der Waals surface area contributed by atoms with Gasteiger partial charge in [0.2, 0.25) is 11.5 Å². The second-order valence-electron chi connectivity index (χ2n) is 7.66. The zero-order chi connectivity index (χ0) is 21.3. The SMILES string of the molecule is COC1=C(OC)C(O)C(C)=C(CC=C(C)CCC=C(C)CCC=C(C)C)C1=O. The van der Waals surface area contributed by atoms with E-state index >= 15 is 0 Å². The Hall–Kier alpha value is -2.07. The van der Waals surface area contributed by atoms with Gasteiger partial charge in [0, 0.05) is 5.57 Å². The zero-order valence-electron chi connectivity index (χ0n) is 18.5. The van der Waals surface area contributed by atoms with Crippen LogP contribution in [0.25, 0.3) is 0 Å². The first kappa shape index (κ1) is 24.0. The highest BCUT2D eigenvalue weighted by Crippen LogP contribution is 2.31. The van der Waals surface area contributed by atoms with Crippen molar-refractivity contribution in [3.63, 3.8) is 0 Å². The molecule has 0 heterocycles. The van der Waals surface area contributed by atoms with E-state index in [0.717, 1.165) is 25.7 Å². The van der Waals surface area contributed by atoms with E-state index in [1.54, 1.807) is 6.92 Å². The van der Waals surface area contributed by atoms with Gasteiger partial charge in [0.15, 0.2) is 5.76 Å². The summed E-state index contributed by atoms with van der Waals surface area (Å²) in [4.78, 5) is 12.7. The summed E-state index contributed by atoms with van der Waals surface area (Å²) in [6.07, 6.45) is 10.3. The summed E-state index contributed by atoms with van der Waals surface area (Å²) < 4.78 is 10.3. The van der Waals surface area contributed by atoms with Crippen LogP contribution in [0.2, 0.25) is 0 Å². The number of allylic oxidation sites excluding steroid dienone is 7. The molecule has 1 aliphatic rings. The summed E-state index contributed by atoms with van der Waals surface area (Å²) in [5.41, 5.74) is 5.22. The van der Waals surface area contributed by atoms with Gasteiger partial charge < -0.3 is 14.6 Å². The van der Waals surface area contributed by atoms with Gasteiger partial charge in [0.25, 0.3) is 0 Å². The summed E-state index contributed by atoms with van der Waals surface area (Å²) in [7, 11) is 2.85. The number of Topliss-reactive ketones (excluding diaryl/α,β-unsaturated/α-hetero) is 1. The van der Waals surface area contributed by atoms with Crippen molar-refractivity contribution in [2.75, 3.05) is 14.2 Å². The van der Waals surface area contributed by atoms with Crippen molar-refractivity contribution < 1.29 is 19.4 Å². The van der Waals surface area contributed by atoms with Crippen LogP contribution in [0.5, 0.6) is 0 Å². The second kappa shape index (κ2) is 11.7. The minimum atomic E-state index is -0.937. The van der Waals surface area contributed by atoms with Crippen molar-refractivity contribution in [2.45, 2.75) is 72.8 Å². The van der Waals surface area contributed by atoms with Crippen LogP contribution in [0.3, 0.4) is 0 Å². The molecule has 0 bridgehead atoms. The predicted octanol–water partition coefficient (Wildman–Crippen LogP) is 5.56. The molecular weight excluding hydrogens is 352 g/mol. The summed E-state index contributed by atoms with van der Waals surface area (Å²) in [6, 6.07) is 0. The van der Waals surface area contributed by atoms with Gasteiger partial charge >= 0.3 is 0 Å². The largest absolute Gasteiger partial charge is 0.494 e. The molecule has 1 N–H and O–H groups in total. The Kier molecular flexibility index (Phi) is 10.0. The molecule has 0 radical (unpaired) electrons. The normalized spacial score (nSPS) is 18.6. The fraction of sp³-hybridized carbons (Fsp3) is 0.542. The lowest BCUT2D eigenvalue weighted by molar-refractivity contribution is -0.116. The van der Waals surface area contributed by atoms with Crippen LogP contribution in [-0.2, 0) is 14.3 Å². The van der Waals surface area contributed by atoms with Crippen LogP contribution in [0.4, 0.5) is 0 Å². The molecule has 156 valence electrons. The van der Waals surface area contributed by atoms with Gasteiger partial charge in [-0.25, -0.2) is 0 Å². The van der Waals surface area contributed by atoms with E-state index in [1.807, 2.05) is 0 Å². The van der Waals surface area contributed by atoms with Crippen molar-refractivity contribution in [3.05, 3.63) is 57.6 Å². The summed E-state index contributed by atoms with van der Waals surface area (Å²) in [5, 5.41) is 10.4. The molecule has 4 heteroatoms. The molecule has 1 aliphatic carbocycles. The third-order valence-corrected chi connectivity index (χ3v) is 5.04. The van der Waals surface area contributed by atoms with E-state index in [-0.39, 0.29) is 17.3 Å². The van der Waals surface area contributed by atoms with E-state index in [2.05, 4.69) is 45.9 Å². The number of carbonyl (C=O) groups excluding carboxylic acids is 1. The Labute approximate surface area is 170 Å². The van der Waals surface area contributed by atoms with E-state index in [0.29, 0.717) is 17.6 Å². The second-order valence-corrected chi connectivity index (χ2v) is 7.66. The van der Waals surface area contributed by atoms with Crippen LogP contribution in [0.1, 0.15) is 66.7 Å². The van der Waals surface area contributed by atoms with E-state index in [4.69, 9.17) is 9.47 Å². The first-order chi connectivity index (χ1) is 13.2. The number of aliphatic hydroxyl groups excluding tert-OH is 1. The van der Waals surface area contributed by atoms with Gasteiger partial charge in [-0.3, -0.25) is 4.79 Å². The van der Waals surface area contributed by atoms with E-state index in [9.17, 15) is 9.90 Å². The highest BCUT2D eigenvalue weighted by atomic mass is 16.5. The Morgan fingerprint density at radius 3 is 2.07 bits per heavy atom. The Morgan fingerprint density at radius 2 is 1.54 bits per heavy atom. The molecule has 0 aromatic rings. The number of carbonyl (C=O) groups is 1. The average Bonchev–Trinajstić information content (AvgIpc) is 2.64. The maximum Gasteiger partial charge on any atom is 0.227 e. The van der Waals surface area contributed by atoms with Gasteiger partial charge in [0.05, 0.1) is 14.2 Å². The number of ketones is 1. The van der Waals surface area contributed by atoms with Crippen LogP contribution in [0, 0.1) is 0 Å². The van der Waals surface area contributed by atoms with Crippen LogP contribution in [-0.4, -0.2) is 31.2 Å². The van der Waals surface area contributed by atoms with Crippen molar-refractivity contribution in [2.24, 2.45) is 0 Å². The van der Waals surface area contributed by atoms with Crippen molar-refractivity contribution >= 4 is 5.78 Å². The molecule has 1 rings (SSSR count). The topological polar surface area (TPSA) is 55.8 Å². The van der Waals surface area contributed by atoms with Gasteiger partial charge in [0.1, 0.15) is 6.10 Å². The first-order valence-electron chi connectivity index (χ1n) is 9.92. The Morgan fingerprint density at radius 1 is 0.964 bits per heavy atom. The van der Waals surface area contributed by atoms with Gasteiger partial charge in [-0.2, -0.15) is 0 Å². The standard InChI is InChI=1S/C24H36O4/c1-16(2)10-8-11-17(3)12-9-13-18(4)14-15-20-19(5)21(25)23(27-6)24(28-7)22(20)26/h10,12,14,21,25H,8-9,11,13,15H2,1-7H3. The fourth-order valence-electron chi connectivity index (χ4n) is 3.18. The number of aliphatic hydroxyl groups is 1. The fourth-order valence-corrected chi connectivity index (χ4v) is 3.18. The van der Waals surface area contributed by atoms with E-state index < -0.39 is 6.10 Å². The van der Waals surface area contributed by atoms with Crippen LogP contribution < -0.4 is 0 Å². The lowest BCUT2D eigenvalue weighted by Gasteiger charge is -2.25.